The highest BCUT2D eigenvalue weighted by Crippen LogP contribution is 2.29. The Morgan fingerprint density at radius 1 is 1.19 bits per heavy atom. The Bertz CT molecular complexity index is 1280. The molecule has 0 radical (unpaired) electrons. The van der Waals surface area contributed by atoms with Gasteiger partial charge in [0.05, 0.1) is 30.2 Å². The predicted molar refractivity (Wildman–Crippen MR) is 118 cm³/mol. The van der Waals surface area contributed by atoms with Crippen molar-refractivity contribution in [2.75, 3.05) is 20.3 Å². The molecule has 0 spiro atoms. The Kier molecular flexibility index (Phi) is 5.32. The number of hydrogen-bond donors (Lipinski definition) is 0. The molecule has 0 saturated carbocycles. The maximum atomic E-state index is 5.72. The highest BCUT2D eigenvalue weighted by molar-refractivity contribution is 5.59. The second-order valence-corrected chi connectivity index (χ2v) is 7.76. The fraction of sp³-hybridized carbons (Fsp3) is 0.304. The molecular weight excluding hydrogens is 408 g/mol. The number of rotatable bonds is 7. The zero-order valence-electron chi connectivity index (χ0n) is 18.2. The molecule has 164 valence electrons. The van der Waals surface area contributed by atoms with E-state index in [1.54, 1.807) is 13.3 Å². The van der Waals surface area contributed by atoms with Crippen LogP contribution in [0.15, 0.2) is 47.4 Å². The normalized spacial score (nSPS) is 14.0. The first-order chi connectivity index (χ1) is 15.6. The van der Waals surface area contributed by atoms with E-state index in [9.17, 15) is 0 Å². The van der Waals surface area contributed by atoms with Crippen molar-refractivity contribution in [2.45, 2.75) is 26.4 Å². The summed E-state index contributed by atoms with van der Waals surface area (Å²) in [6.45, 7) is 5.74. The number of aryl methyl sites for hydroxylation is 1. The van der Waals surface area contributed by atoms with E-state index in [1.165, 1.54) is 0 Å². The average molecular weight is 432 g/mol. The highest BCUT2D eigenvalue weighted by Gasteiger charge is 2.23. The second-order valence-electron chi connectivity index (χ2n) is 7.76. The lowest BCUT2D eigenvalue weighted by Crippen LogP contribution is -2.25. The van der Waals surface area contributed by atoms with E-state index in [2.05, 4.69) is 38.4 Å². The van der Waals surface area contributed by atoms with E-state index in [1.807, 2.05) is 47.9 Å². The van der Waals surface area contributed by atoms with Crippen LogP contribution < -0.4 is 4.74 Å². The lowest BCUT2D eigenvalue weighted by molar-refractivity contribution is 0.146. The van der Waals surface area contributed by atoms with E-state index in [0.29, 0.717) is 19.8 Å². The van der Waals surface area contributed by atoms with Crippen LogP contribution in [0, 0.1) is 6.92 Å². The highest BCUT2D eigenvalue weighted by atomic mass is 16.5. The molecule has 0 bridgehead atoms. The van der Waals surface area contributed by atoms with Gasteiger partial charge in [-0.3, -0.25) is 9.38 Å². The number of ether oxygens (including phenoxy) is 2. The third-order valence-electron chi connectivity index (χ3n) is 5.52. The first-order valence-corrected chi connectivity index (χ1v) is 10.5. The van der Waals surface area contributed by atoms with E-state index in [4.69, 9.17) is 14.0 Å². The van der Waals surface area contributed by atoms with Gasteiger partial charge in [-0.25, -0.2) is 0 Å². The van der Waals surface area contributed by atoms with Gasteiger partial charge in [0.25, 0.3) is 0 Å². The molecule has 0 amide bonds. The van der Waals surface area contributed by atoms with Crippen molar-refractivity contribution in [1.82, 2.24) is 29.6 Å². The monoisotopic (exact) mass is 432 g/mol. The van der Waals surface area contributed by atoms with Crippen molar-refractivity contribution >= 4 is 11.7 Å². The van der Waals surface area contributed by atoms with E-state index in [-0.39, 0.29) is 6.04 Å². The first kappa shape index (κ1) is 20.2. The Hall–Kier alpha value is -3.72. The van der Waals surface area contributed by atoms with Gasteiger partial charge in [-0.1, -0.05) is 5.16 Å². The van der Waals surface area contributed by atoms with Crippen molar-refractivity contribution in [3.05, 3.63) is 65.6 Å². The number of nitrogens with zero attached hydrogens (tertiary/aromatic N) is 6. The number of fused-ring (bicyclic) bond motifs is 2. The van der Waals surface area contributed by atoms with Gasteiger partial charge in [0.2, 0.25) is 0 Å². The minimum atomic E-state index is -0.0146. The van der Waals surface area contributed by atoms with Crippen LogP contribution in [0.1, 0.15) is 35.7 Å². The zero-order valence-corrected chi connectivity index (χ0v) is 18.2. The number of aromatic nitrogens is 5. The van der Waals surface area contributed by atoms with Gasteiger partial charge in [0, 0.05) is 43.2 Å². The number of hydrogen-bond acceptors (Lipinski definition) is 8. The Morgan fingerprint density at radius 3 is 2.91 bits per heavy atom. The Labute approximate surface area is 185 Å². The van der Waals surface area contributed by atoms with Crippen LogP contribution in [0.4, 0.5) is 0 Å². The van der Waals surface area contributed by atoms with Crippen LogP contribution in [-0.2, 0) is 11.3 Å². The molecule has 1 aliphatic rings. The minimum Gasteiger partial charge on any atom is -0.490 e. The third-order valence-corrected chi connectivity index (χ3v) is 5.52. The van der Waals surface area contributed by atoms with Crippen LogP contribution in [0.3, 0.4) is 0 Å². The molecule has 5 rings (SSSR count). The molecule has 0 aliphatic carbocycles. The fourth-order valence-corrected chi connectivity index (χ4v) is 3.77. The minimum absolute atomic E-state index is 0.0146. The largest absolute Gasteiger partial charge is 0.490 e. The van der Waals surface area contributed by atoms with Gasteiger partial charge in [0.1, 0.15) is 12.4 Å². The SMILES string of the molecule is COCCOc1cnc2c(c1)CN([C@@H](C)c1nnc3ccc(-c4cc(C)no4)cn13)C=C2. The van der Waals surface area contributed by atoms with Crippen molar-refractivity contribution < 1.29 is 14.0 Å². The number of pyridine rings is 2. The smallest absolute Gasteiger partial charge is 0.168 e. The van der Waals surface area contributed by atoms with E-state index in [0.717, 1.165) is 45.5 Å². The first-order valence-electron chi connectivity index (χ1n) is 10.5. The molecule has 9 heteroatoms. The number of methoxy groups -OCH3 is 1. The van der Waals surface area contributed by atoms with Gasteiger partial charge >= 0.3 is 0 Å². The van der Waals surface area contributed by atoms with Crippen molar-refractivity contribution in [3.63, 3.8) is 0 Å². The van der Waals surface area contributed by atoms with Crippen molar-refractivity contribution in [3.8, 4) is 17.1 Å². The Balaban J connectivity index is 1.40. The lowest BCUT2D eigenvalue weighted by atomic mass is 10.1. The molecule has 32 heavy (non-hydrogen) atoms. The molecule has 0 aromatic carbocycles. The molecular formula is C23H24N6O3. The molecule has 1 aliphatic heterocycles. The zero-order chi connectivity index (χ0) is 22.1. The average Bonchev–Trinajstić information content (AvgIpc) is 3.44. The van der Waals surface area contributed by atoms with Crippen LogP contribution in [0.5, 0.6) is 5.75 Å². The van der Waals surface area contributed by atoms with Gasteiger partial charge in [0.15, 0.2) is 17.2 Å². The van der Waals surface area contributed by atoms with Gasteiger partial charge in [-0.05, 0) is 38.1 Å². The molecule has 5 heterocycles. The summed E-state index contributed by atoms with van der Waals surface area (Å²) in [5, 5.41) is 12.8. The molecule has 0 N–H and O–H groups in total. The van der Waals surface area contributed by atoms with E-state index < -0.39 is 0 Å². The molecule has 1 atom stereocenters. The molecule has 0 fully saturated rings. The second kappa shape index (κ2) is 8.43. The molecule has 0 unspecified atom stereocenters. The summed E-state index contributed by atoms with van der Waals surface area (Å²) in [6.07, 6.45) is 7.80. The predicted octanol–water partition coefficient (Wildman–Crippen LogP) is 3.66. The van der Waals surface area contributed by atoms with Crippen LogP contribution in [-0.4, -0.2) is 50.0 Å². The van der Waals surface area contributed by atoms with Crippen LogP contribution >= 0.6 is 0 Å². The van der Waals surface area contributed by atoms with Crippen LogP contribution in [0.2, 0.25) is 0 Å². The Morgan fingerprint density at radius 2 is 2.09 bits per heavy atom. The maximum Gasteiger partial charge on any atom is 0.168 e. The quantitative estimate of drug-likeness (QED) is 0.409. The summed E-state index contributed by atoms with van der Waals surface area (Å²) in [4.78, 5) is 6.74. The fourth-order valence-electron chi connectivity index (χ4n) is 3.77. The molecule has 4 aromatic rings. The summed E-state index contributed by atoms with van der Waals surface area (Å²) in [5.74, 6) is 2.30. The topological polar surface area (TPSA) is 90.8 Å². The lowest BCUT2D eigenvalue weighted by Gasteiger charge is -2.30. The maximum absolute atomic E-state index is 5.72. The summed E-state index contributed by atoms with van der Waals surface area (Å²) in [6, 6.07) is 7.84. The third kappa shape index (κ3) is 3.82. The standard InChI is InChI=1S/C23H24N6O3/c1-15-10-21(32-27-15)17-4-5-22-25-26-23(29(22)14-17)16(2)28-7-6-20-18(13-28)11-19(12-24-20)31-9-8-30-3/h4-7,10-12,14,16H,8-9,13H2,1-3H3/t16-/m0/s1. The summed E-state index contributed by atoms with van der Waals surface area (Å²) in [7, 11) is 1.65. The molecule has 9 nitrogen and oxygen atoms in total. The van der Waals surface area contributed by atoms with Crippen molar-refractivity contribution in [2.24, 2.45) is 0 Å². The summed E-state index contributed by atoms with van der Waals surface area (Å²) in [5.41, 5.74) is 4.59. The van der Waals surface area contributed by atoms with Gasteiger partial charge in [-0.15, -0.1) is 10.2 Å². The van der Waals surface area contributed by atoms with Crippen molar-refractivity contribution in [1.29, 1.82) is 0 Å². The molecule has 4 aromatic heterocycles. The van der Waals surface area contributed by atoms with E-state index >= 15 is 0 Å². The summed E-state index contributed by atoms with van der Waals surface area (Å²) >= 11 is 0. The van der Waals surface area contributed by atoms with Gasteiger partial charge < -0.3 is 18.9 Å². The van der Waals surface area contributed by atoms with Gasteiger partial charge in [-0.2, -0.15) is 0 Å². The van der Waals surface area contributed by atoms with Crippen LogP contribution in [0.25, 0.3) is 23.0 Å². The molecule has 0 saturated heterocycles. The summed E-state index contributed by atoms with van der Waals surface area (Å²) < 4.78 is 18.2.